The van der Waals surface area contributed by atoms with Gasteiger partial charge in [0.1, 0.15) is 6.61 Å². The average Bonchev–Trinajstić information content (AvgIpc) is 2.32. The summed E-state index contributed by atoms with van der Waals surface area (Å²) in [6, 6.07) is 0.431. The Bertz CT molecular complexity index is 271. The summed E-state index contributed by atoms with van der Waals surface area (Å²) in [6.07, 6.45) is 2.31. The first kappa shape index (κ1) is 17.6. The maximum Gasteiger partial charge on any atom is 0.305 e. The number of ether oxygens (including phenoxy) is 1. The van der Waals surface area contributed by atoms with Gasteiger partial charge in [-0.1, -0.05) is 6.42 Å². The second-order valence-corrected chi connectivity index (χ2v) is 4.66. The predicted molar refractivity (Wildman–Crippen MR) is 70.1 cm³/mol. The highest BCUT2D eigenvalue weighted by atomic mass is 16.9. The molecule has 0 radical (unpaired) electrons. The van der Waals surface area contributed by atoms with Crippen molar-refractivity contribution in [3.63, 3.8) is 0 Å². The second kappa shape index (κ2) is 10.5. The number of unbranched alkanes of at least 4 members (excludes halogenated alkanes) is 2. The average molecular weight is 276 g/mol. The molecule has 7 heteroatoms. The molecule has 7 nitrogen and oxygen atoms in total. The molecule has 0 heterocycles. The summed E-state index contributed by atoms with van der Waals surface area (Å²) in [6.45, 7) is 5.36. The first-order valence-corrected chi connectivity index (χ1v) is 6.56. The van der Waals surface area contributed by atoms with E-state index in [1.54, 1.807) is 0 Å². The Balaban J connectivity index is 3.37. The zero-order valence-corrected chi connectivity index (χ0v) is 12.0. The molecule has 0 atom stereocenters. The summed E-state index contributed by atoms with van der Waals surface area (Å²) in [5.41, 5.74) is 0. The van der Waals surface area contributed by atoms with Crippen LogP contribution < -0.4 is 0 Å². The van der Waals surface area contributed by atoms with Crippen LogP contribution in [0.2, 0.25) is 0 Å². The molecule has 0 aromatic heterocycles. The highest BCUT2D eigenvalue weighted by molar-refractivity contribution is 5.69. The predicted octanol–water partition coefficient (Wildman–Crippen LogP) is 1.64. The molecule has 0 N–H and O–H groups in total. The fraction of sp³-hybridized carbons (Fsp3) is 0.917. The minimum absolute atomic E-state index is 0.0846. The van der Waals surface area contributed by atoms with E-state index in [0.29, 0.717) is 31.9 Å². The van der Waals surface area contributed by atoms with E-state index in [9.17, 15) is 14.9 Å². The van der Waals surface area contributed by atoms with Crippen molar-refractivity contribution in [3.05, 3.63) is 10.1 Å². The van der Waals surface area contributed by atoms with Crippen LogP contribution in [0.3, 0.4) is 0 Å². The standard InChI is InChI=1S/C12H24N2O5/c1-11(2)13(3)8-10-18-12(15)7-5-4-6-9-19-14(16)17/h11H,4-10H2,1-3H3. The Hall–Kier alpha value is -1.37. The summed E-state index contributed by atoms with van der Waals surface area (Å²) in [4.78, 5) is 27.5. The molecule has 0 amide bonds. The van der Waals surface area contributed by atoms with Gasteiger partial charge in [0.25, 0.3) is 5.09 Å². The lowest BCUT2D eigenvalue weighted by Crippen LogP contribution is -2.30. The summed E-state index contributed by atoms with van der Waals surface area (Å²) in [7, 11) is 1.98. The molecule has 0 saturated heterocycles. The van der Waals surface area contributed by atoms with Crippen molar-refractivity contribution in [3.8, 4) is 0 Å². The van der Waals surface area contributed by atoms with E-state index in [0.717, 1.165) is 13.0 Å². The molecule has 0 rings (SSSR count). The molecule has 0 saturated carbocycles. The van der Waals surface area contributed by atoms with Crippen molar-refractivity contribution < 1.29 is 19.5 Å². The molecule has 0 unspecified atom stereocenters. The fourth-order valence-corrected chi connectivity index (χ4v) is 1.32. The van der Waals surface area contributed by atoms with Gasteiger partial charge in [-0.25, -0.2) is 0 Å². The van der Waals surface area contributed by atoms with Crippen molar-refractivity contribution in [1.29, 1.82) is 0 Å². The monoisotopic (exact) mass is 276 g/mol. The first-order chi connectivity index (χ1) is 8.93. The van der Waals surface area contributed by atoms with E-state index >= 15 is 0 Å². The number of carbonyl (C=O) groups is 1. The molecule has 0 aliphatic heterocycles. The van der Waals surface area contributed by atoms with Gasteiger partial charge in [0.2, 0.25) is 0 Å². The van der Waals surface area contributed by atoms with E-state index in [1.165, 1.54) is 0 Å². The van der Waals surface area contributed by atoms with Gasteiger partial charge in [-0.15, -0.1) is 10.1 Å². The normalized spacial score (nSPS) is 10.8. The molecule has 0 spiro atoms. The lowest BCUT2D eigenvalue weighted by molar-refractivity contribution is -0.757. The Labute approximate surface area is 114 Å². The van der Waals surface area contributed by atoms with E-state index in [2.05, 4.69) is 23.6 Å². The number of carbonyl (C=O) groups excluding carboxylic acids is 1. The zero-order valence-electron chi connectivity index (χ0n) is 12.0. The van der Waals surface area contributed by atoms with Crippen LogP contribution in [-0.4, -0.2) is 48.8 Å². The van der Waals surface area contributed by atoms with Gasteiger partial charge in [-0.2, -0.15) is 0 Å². The number of nitrogens with zero attached hydrogens (tertiary/aromatic N) is 2. The SMILES string of the molecule is CC(C)N(C)CCOC(=O)CCCCCO[N+](=O)[O-]. The second-order valence-electron chi connectivity index (χ2n) is 4.66. The molecule has 0 aliphatic carbocycles. The third kappa shape index (κ3) is 11.5. The van der Waals surface area contributed by atoms with Gasteiger partial charge in [0.15, 0.2) is 0 Å². The van der Waals surface area contributed by atoms with Crippen LogP contribution in [0.5, 0.6) is 0 Å². The quantitative estimate of drug-likeness (QED) is 0.247. The van der Waals surface area contributed by atoms with Crippen LogP contribution in [0.25, 0.3) is 0 Å². The van der Waals surface area contributed by atoms with Crippen molar-refractivity contribution in [1.82, 2.24) is 4.90 Å². The molecule has 0 aromatic rings. The maximum absolute atomic E-state index is 11.4. The van der Waals surface area contributed by atoms with Crippen molar-refractivity contribution in [2.24, 2.45) is 0 Å². The summed E-state index contributed by atoms with van der Waals surface area (Å²) in [5, 5.41) is 9.06. The zero-order chi connectivity index (χ0) is 14.7. The van der Waals surface area contributed by atoms with Gasteiger partial charge in [0, 0.05) is 19.0 Å². The molecule has 0 aromatic carbocycles. The summed E-state index contributed by atoms with van der Waals surface area (Å²) >= 11 is 0. The first-order valence-electron chi connectivity index (χ1n) is 6.56. The van der Waals surface area contributed by atoms with Gasteiger partial charge >= 0.3 is 5.97 Å². The topological polar surface area (TPSA) is 81.9 Å². The smallest absolute Gasteiger partial charge is 0.305 e. The van der Waals surface area contributed by atoms with Crippen LogP contribution in [0.4, 0.5) is 0 Å². The lowest BCUT2D eigenvalue weighted by atomic mass is 10.2. The van der Waals surface area contributed by atoms with E-state index in [4.69, 9.17) is 4.74 Å². The van der Waals surface area contributed by atoms with Crippen molar-refractivity contribution in [2.45, 2.75) is 45.6 Å². The maximum atomic E-state index is 11.4. The third-order valence-electron chi connectivity index (χ3n) is 2.81. The van der Waals surface area contributed by atoms with Crippen LogP contribution in [0.15, 0.2) is 0 Å². The number of hydrogen-bond acceptors (Lipinski definition) is 6. The Morgan fingerprint density at radius 2 is 1.95 bits per heavy atom. The lowest BCUT2D eigenvalue weighted by Gasteiger charge is -2.20. The third-order valence-corrected chi connectivity index (χ3v) is 2.81. The van der Waals surface area contributed by atoms with Crippen LogP contribution >= 0.6 is 0 Å². The van der Waals surface area contributed by atoms with Crippen LogP contribution in [0.1, 0.15) is 39.5 Å². The number of rotatable bonds is 11. The van der Waals surface area contributed by atoms with E-state index in [1.807, 2.05) is 7.05 Å². The highest BCUT2D eigenvalue weighted by Gasteiger charge is 2.06. The number of hydrogen-bond donors (Lipinski definition) is 0. The largest absolute Gasteiger partial charge is 0.464 e. The van der Waals surface area contributed by atoms with Crippen molar-refractivity contribution in [2.75, 3.05) is 26.8 Å². The highest BCUT2D eigenvalue weighted by Crippen LogP contribution is 2.02. The van der Waals surface area contributed by atoms with Crippen molar-refractivity contribution >= 4 is 5.97 Å². The Morgan fingerprint density at radius 1 is 1.26 bits per heavy atom. The van der Waals surface area contributed by atoms with Crippen LogP contribution in [0, 0.1) is 10.1 Å². The number of esters is 1. The van der Waals surface area contributed by atoms with Gasteiger partial charge in [0.05, 0.1) is 6.61 Å². The summed E-state index contributed by atoms with van der Waals surface area (Å²) < 4.78 is 5.09. The molecular weight excluding hydrogens is 252 g/mol. The van der Waals surface area contributed by atoms with Crippen LogP contribution in [-0.2, 0) is 14.4 Å². The van der Waals surface area contributed by atoms with E-state index in [-0.39, 0.29) is 12.6 Å². The Morgan fingerprint density at radius 3 is 2.53 bits per heavy atom. The molecule has 0 fully saturated rings. The summed E-state index contributed by atoms with van der Waals surface area (Å²) in [5.74, 6) is -0.215. The molecule has 112 valence electrons. The van der Waals surface area contributed by atoms with Gasteiger partial charge in [-0.3, -0.25) is 4.79 Å². The number of likely N-dealkylation sites (N-methyl/N-ethyl adjacent to an activating group) is 1. The fourth-order valence-electron chi connectivity index (χ4n) is 1.32. The molecular formula is C12H24N2O5. The van der Waals surface area contributed by atoms with Gasteiger partial charge < -0.3 is 14.5 Å². The minimum atomic E-state index is -0.806. The Kier molecular flexibility index (Phi) is 9.78. The minimum Gasteiger partial charge on any atom is -0.464 e. The molecule has 0 bridgehead atoms. The van der Waals surface area contributed by atoms with Gasteiger partial charge in [-0.05, 0) is 33.7 Å². The molecule has 19 heavy (non-hydrogen) atoms. The van der Waals surface area contributed by atoms with E-state index < -0.39 is 5.09 Å². The molecule has 0 aliphatic rings.